The predicted octanol–water partition coefficient (Wildman–Crippen LogP) is 3.89. The number of anilines is 1. The van der Waals surface area contributed by atoms with Crippen LogP contribution in [0.5, 0.6) is 0 Å². The van der Waals surface area contributed by atoms with Gasteiger partial charge < -0.3 is 10.1 Å². The highest BCUT2D eigenvalue weighted by atomic mass is 127. The zero-order chi connectivity index (χ0) is 17.0. The molecule has 0 aromatic heterocycles. The van der Waals surface area contributed by atoms with E-state index in [4.69, 9.17) is 27.9 Å². The molecule has 10 heteroatoms. The molecule has 22 heavy (non-hydrogen) atoms. The van der Waals surface area contributed by atoms with Gasteiger partial charge in [-0.2, -0.15) is 0 Å². The minimum atomic E-state index is -0.698. The van der Waals surface area contributed by atoms with Gasteiger partial charge in [0.05, 0.1) is 30.5 Å². The first-order valence-electron chi connectivity index (χ1n) is 5.56. The maximum absolute atomic E-state index is 11.7. The summed E-state index contributed by atoms with van der Waals surface area (Å²) in [7, 11) is 1.42. The number of rotatable bonds is 7. The third kappa shape index (κ3) is 4.88. The number of ketones is 1. The summed E-state index contributed by atoms with van der Waals surface area (Å²) in [6, 6.07) is 0. The highest BCUT2D eigenvalue weighted by Crippen LogP contribution is 2.37. The van der Waals surface area contributed by atoms with Crippen molar-refractivity contribution in [2.24, 2.45) is 0 Å². The molecule has 0 aliphatic heterocycles. The Hall–Kier alpha value is 0.760. The molecule has 0 bridgehead atoms. The van der Waals surface area contributed by atoms with E-state index in [1.807, 2.05) is 67.8 Å². The third-order valence-electron chi connectivity index (χ3n) is 2.48. The van der Waals surface area contributed by atoms with E-state index in [0.717, 1.165) is 0 Å². The minimum Gasteiger partial charge on any atom is -0.377 e. The lowest BCUT2D eigenvalue weighted by Crippen LogP contribution is -2.21. The number of methoxy groups -OCH3 is 1. The Morgan fingerprint density at radius 1 is 1.00 bits per heavy atom. The maximum atomic E-state index is 11.7. The van der Waals surface area contributed by atoms with Crippen LogP contribution in [-0.2, 0) is 9.53 Å². The van der Waals surface area contributed by atoms with Gasteiger partial charge in [0.25, 0.3) is 10.5 Å². The van der Waals surface area contributed by atoms with Crippen LogP contribution in [0.2, 0.25) is 0 Å². The summed E-state index contributed by atoms with van der Waals surface area (Å²) in [4.78, 5) is 34.9. The Balaban J connectivity index is 3.40. The smallest absolute Gasteiger partial charge is 0.254 e. The summed E-state index contributed by atoms with van der Waals surface area (Å²) in [6.07, 6.45) is 0. The lowest BCUT2D eigenvalue weighted by molar-refractivity contribution is -0.120. The fourth-order valence-corrected chi connectivity index (χ4v) is 7.11. The molecular weight excluding hydrogens is 674 g/mol. The second-order valence-corrected chi connectivity index (χ2v) is 7.86. The van der Waals surface area contributed by atoms with Crippen molar-refractivity contribution in [3.63, 3.8) is 0 Å². The molecule has 5 nitrogen and oxygen atoms in total. The summed E-state index contributed by atoms with van der Waals surface area (Å²) >= 11 is 17.0. The highest BCUT2D eigenvalue weighted by Gasteiger charge is 2.26. The minimum absolute atomic E-state index is 0.00767. The first-order valence-corrected chi connectivity index (χ1v) is 9.56. The summed E-state index contributed by atoms with van der Waals surface area (Å²) in [5.74, 6) is -0.176. The van der Waals surface area contributed by atoms with E-state index in [9.17, 15) is 14.4 Å². The Morgan fingerprint density at radius 2 is 1.45 bits per heavy atom. The molecule has 1 rings (SSSR count). The van der Waals surface area contributed by atoms with Gasteiger partial charge in [-0.3, -0.25) is 14.4 Å². The summed E-state index contributed by atoms with van der Waals surface area (Å²) < 4.78 is 6.19. The number of benzene rings is 1. The zero-order valence-corrected chi connectivity index (χ0v) is 18.9. The number of halogens is 5. The van der Waals surface area contributed by atoms with Crippen molar-refractivity contribution < 1.29 is 19.1 Å². The second kappa shape index (κ2) is 9.30. The van der Waals surface area contributed by atoms with E-state index >= 15 is 0 Å². The molecule has 1 aromatic rings. The van der Waals surface area contributed by atoms with Crippen LogP contribution in [0.15, 0.2) is 0 Å². The molecule has 0 amide bonds. The predicted molar refractivity (Wildman–Crippen MR) is 110 cm³/mol. The van der Waals surface area contributed by atoms with Crippen LogP contribution in [0.4, 0.5) is 5.69 Å². The lowest BCUT2D eigenvalue weighted by Gasteiger charge is -2.17. The van der Waals surface area contributed by atoms with Gasteiger partial charge >= 0.3 is 0 Å². The van der Waals surface area contributed by atoms with Crippen LogP contribution < -0.4 is 5.32 Å². The standard InChI is InChI=1S/C12H8Cl2I3NO4/c1-22-3-4(19)2-18-10-8(16)5(11(13)20)7(15)6(9(10)17)12(14)21/h18H,2-3H2,1H3. The molecule has 0 aliphatic rings. The highest BCUT2D eigenvalue weighted by molar-refractivity contribution is 14.1. The van der Waals surface area contributed by atoms with Gasteiger partial charge in [-0.15, -0.1) is 0 Å². The number of nitrogens with one attached hydrogen (secondary N) is 1. The van der Waals surface area contributed by atoms with Crippen LogP contribution in [-0.4, -0.2) is 36.5 Å². The van der Waals surface area contributed by atoms with Gasteiger partial charge in [0.2, 0.25) is 0 Å². The lowest BCUT2D eigenvalue weighted by atomic mass is 10.1. The zero-order valence-electron chi connectivity index (χ0n) is 10.9. The summed E-state index contributed by atoms with van der Waals surface area (Å²) in [5.41, 5.74) is 0.849. The quantitative estimate of drug-likeness (QED) is 0.350. The van der Waals surface area contributed by atoms with Crippen molar-refractivity contribution >= 4 is 113 Å². The van der Waals surface area contributed by atoms with Gasteiger partial charge in [0.1, 0.15) is 6.61 Å². The van der Waals surface area contributed by atoms with Crippen molar-refractivity contribution in [1.29, 1.82) is 0 Å². The number of hydrogen-bond donors (Lipinski definition) is 1. The molecule has 0 saturated carbocycles. The Kier molecular flexibility index (Phi) is 8.79. The van der Waals surface area contributed by atoms with E-state index in [2.05, 4.69) is 5.32 Å². The van der Waals surface area contributed by atoms with Crippen LogP contribution in [0, 0.1) is 10.7 Å². The molecular formula is C12H8Cl2I3NO4. The maximum Gasteiger partial charge on any atom is 0.254 e. The van der Waals surface area contributed by atoms with Gasteiger partial charge in [-0.05, 0) is 91.0 Å². The average Bonchev–Trinajstić information content (AvgIpc) is 2.37. The molecule has 1 aromatic carbocycles. The number of Topliss-reactive ketones (excluding diaryl/α,β-unsaturated/α-hetero) is 1. The number of ether oxygens (including phenoxy) is 1. The molecule has 1 N–H and O–H groups in total. The number of carbonyl (C=O) groups is 3. The third-order valence-corrected chi connectivity index (χ3v) is 6.09. The van der Waals surface area contributed by atoms with Crippen molar-refractivity contribution in [2.45, 2.75) is 0 Å². The molecule has 0 aliphatic carbocycles. The molecule has 0 atom stereocenters. The van der Waals surface area contributed by atoms with E-state index in [1.54, 1.807) is 0 Å². The van der Waals surface area contributed by atoms with Gasteiger partial charge in [0.15, 0.2) is 5.78 Å². The first-order chi connectivity index (χ1) is 10.2. The van der Waals surface area contributed by atoms with Crippen LogP contribution in [0.25, 0.3) is 0 Å². The Morgan fingerprint density at radius 3 is 1.82 bits per heavy atom. The molecule has 0 spiro atoms. The fraction of sp³-hybridized carbons (Fsp3) is 0.250. The Bertz CT molecular complexity index is 611. The van der Waals surface area contributed by atoms with Gasteiger partial charge in [0, 0.05) is 10.7 Å². The van der Waals surface area contributed by atoms with Crippen LogP contribution in [0.1, 0.15) is 20.7 Å². The van der Waals surface area contributed by atoms with E-state index in [1.165, 1.54) is 7.11 Å². The van der Waals surface area contributed by atoms with Crippen molar-refractivity contribution in [3.8, 4) is 0 Å². The van der Waals surface area contributed by atoms with Gasteiger partial charge in [-0.1, -0.05) is 0 Å². The molecule has 120 valence electrons. The monoisotopic (exact) mass is 681 g/mol. The van der Waals surface area contributed by atoms with Crippen LogP contribution >= 0.6 is 91.0 Å². The van der Waals surface area contributed by atoms with Crippen LogP contribution in [0.3, 0.4) is 0 Å². The van der Waals surface area contributed by atoms with Crippen molar-refractivity contribution in [3.05, 3.63) is 21.8 Å². The Labute approximate surface area is 177 Å². The molecule has 0 radical (unpaired) electrons. The normalized spacial score (nSPS) is 10.5. The van der Waals surface area contributed by atoms with Crippen molar-refractivity contribution in [2.75, 3.05) is 25.6 Å². The van der Waals surface area contributed by atoms with Crippen molar-refractivity contribution in [1.82, 2.24) is 0 Å². The first kappa shape index (κ1) is 20.8. The number of hydrogen-bond acceptors (Lipinski definition) is 5. The summed E-state index contributed by atoms with van der Waals surface area (Å²) in [5, 5.41) is 1.52. The van der Waals surface area contributed by atoms with E-state index in [0.29, 0.717) is 16.4 Å². The topological polar surface area (TPSA) is 72.5 Å². The fourth-order valence-electron chi connectivity index (χ4n) is 1.56. The largest absolute Gasteiger partial charge is 0.377 e. The second-order valence-electron chi connectivity index (χ2n) is 3.94. The molecule has 0 heterocycles. The van der Waals surface area contributed by atoms with Gasteiger partial charge in [-0.25, -0.2) is 0 Å². The average molecular weight is 682 g/mol. The molecule has 0 saturated heterocycles. The number of carbonyl (C=O) groups excluding carboxylic acids is 3. The SMILES string of the molecule is COCC(=O)CNc1c(I)c(C(=O)Cl)c(I)c(C(=O)Cl)c1I. The van der Waals surface area contributed by atoms with E-state index in [-0.39, 0.29) is 30.1 Å². The molecule has 0 fully saturated rings. The molecule has 0 unspecified atom stereocenters. The van der Waals surface area contributed by atoms with E-state index < -0.39 is 10.5 Å². The summed E-state index contributed by atoms with van der Waals surface area (Å²) in [6.45, 7) is -0.0423.